The number of benzene rings is 2. The molecule has 0 radical (unpaired) electrons. The molecule has 0 spiro atoms. The number of nitro benzene ring substituents is 1. The molecule has 2 aromatic carbocycles. The molecule has 2 aromatic rings. The van der Waals surface area contributed by atoms with Crippen molar-refractivity contribution < 1.29 is 9.66 Å². The van der Waals surface area contributed by atoms with Crippen LogP contribution >= 0.6 is 31.9 Å². The lowest BCUT2D eigenvalue weighted by molar-refractivity contribution is -0.385. The van der Waals surface area contributed by atoms with E-state index in [1.54, 1.807) is 19.2 Å². The van der Waals surface area contributed by atoms with Crippen molar-refractivity contribution >= 4 is 43.2 Å². The van der Waals surface area contributed by atoms with Crippen LogP contribution in [-0.4, -0.2) is 12.0 Å². The van der Waals surface area contributed by atoms with Gasteiger partial charge >= 0.3 is 0 Å². The summed E-state index contributed by atoms with van der Waals surface area (Å²) in [5, 5.41) is 14.0. The molecule has 1 N–H and O–H groups in total. The van der Waals surface area contributed by atoms with Gasteiger partial charge in [-0.3, -0.25) is 10.1 Å². The maximum Gasteiger partial charge on any atom is 0.283 e. The molecule has 0 amide bonds. The van der Waals surface area contributed by atoms with Crippen molar-refractivity contribution in [3.8, 4) is 5.75 Å². The molecule has 0 saturated heterocycles. The summed E-state index contributed by atoms with van der Waals surface area (Å²) in [6.07, 6.45) is 0. The smallest absolute Gasteiger partial charge is 0.283 e. The summed E-state index contributed by atoms with van der Waals surface area (Å²) in [6.45, 7) is 0.604. The molecule has 0 heterocycles. The van der Waals surface area contributed by atoms with Crippen LogP contribution in [0.3, 0.4) is 0 Å². The SMILES string of the molecule is COc1ccc(CNc2ccc([N+](=O)[O-])c(Br)c2)cc1Br. The second kappa shape index (κ2) is 6.91. The highest BCUT2D eigenvalue weighted by atomic mass is 79.9. The fourth-order valence-corrected chi connectivity index (χ4v) is 2.90. The minimum atomic E-state index is -0.422. The highest BCUT2D eigenvalue weighted by Gasteiger charge is 2.11. The molecule has 0 aromatic heterocycles. The number of hydrogen-bond acceptors (Lipinski definition) is 4. The number of nitrogens with one attached hydrogen (secondary N) is 1. The summed E-state index contributed by atoms with van der Waals surface area (Å²) in [5.41, 5.74) is 1.92. The minimum Gasteiger partial charge on any atom is -0.496 e. The summed E-state index contributed by atoms with van der Waals surface area (Å²) in [4.78, 5) is 10.3. The number of anilines is 1. The van der Waals surface area contributed by atoms with E-state index in [9.17, 15) is 10.1 Å². The molecule has 0 fully saturated rings. The van der Waals surface area contributed by atoms with Crippen molar-refractivity contribution in [1.29, 1.82) is 0 Å². The Hall–Kier alpha value is -1.60. The summed E-state index contributed by atoms with van der Waals surface area (Å²) in [7, 11) is 1.62. The van der Waals surface area contributed by atoms with E-state index in [0.717, 1.165) is 21.5 Å². The summed E-state index contributed by atoms with van der Waals surface area (Å²) in [6, 6.07) is 10.6. The first-order chi connectivity index (χ1) is 10.0. The van der Waals surface area contributed by atoms with Crippen LogP contribution in [0.5, 0.6) is 5.75 Å². The third kappa shape index (κ3) is 3.95. The van der Waals surface area contributed by atoms with Crippen LogP contribution < -0.4 is 10.1 Å². The van der Waals surface area contributed by atoms with Crippen LogP contribution in [-0.2, 0) is 6.54 Å². The molecule has 2 rings (SSSR count). The largest absolute Gasteiger partial charge is 0.496 e. The van der Waals surface area contributed by atoms with Crippen LogP contribution in [0.25, 0.3) is 0 Å². The van der Waals surface area contributed by atoms with Crippen LogP contribution in [0.1, 0.15) is 5.56 Å². The Kier molecular flexibility index (Phi) is 5.19. The van der Waals surface area contributed by atoms with Gasteiger partial charge in [0.15, 0.2) is 0 Å². The van der Waals surface area contributed by atoms with Crippen molar-refractivity contribution in [2.24, 2.45) is 0 Å². The third-order valence-electron chi connectivity index (χ3n) is 2.86. The van der Waals surface area contributed by atoms with Crippen molar-refractivity contribution in [3.05, 3.63) is 61.0 Å². The molecule has 0 aliphatic heterocycles. The van der Waals surface area contributed by atoms with Gasteiger partial charge in [0.1, 0.15) is 5.75 Å². The van der Waals surface area contributed by atoms with E-state index >= 15 is 0 Å². The topological polar surface area (TPSA) is 64.4 Å². The highest BCUT2D eigenvalue weighted by molar-refractivity contribution is 9.11. The van der Waals surface area contributed by atoms with Gasteiger partial charge in [-0.15, -0.1) is 0 Å². The Bertz CT molecular complexity index is 677. The van der Waals surface area contributed by atoms with E-state index in [1.165, 1.54) is 6.07 Å². The molecule has 0 aliphatic rings. The number of nitro groups is 1. The van der Waals surface area contributed by atoms with Gasteiger partial charge in [-0.1, -0.05) is 6.07 Å². The van der Waals surface area contributed by atoms with Crippen LogP contribution in [0.2, 0.25) is 0 Å². The standard InChI is InChI=1S/C14H12Br2N2O3/c1-21-14-5-2-9(6-12(14)16)8-17-10-3-4-13(18(19)20)11(15)7-10/h2-7,17H,8H2,1H3. The average Bonchev–Trinajstić information content (AvgIpc) is 2.45. The molecule has 0 atom stereocenters. The molecule has 0 bridgehead atoms. The number of ether oxygens (including phenoxy) is 1. The molecule has 7 heteroatoms. The van der Waals surface area contributed by atoms with Crippen molar-refractivity contribution in [2.75, 3.05) is 12.4 Å². The molecular weight excluding hydrogens is 404 g/mol. The lowest BCUT2D eigenvalue weighted by Gasteiger charge is -2.09. The fraction of sp³-hybridized carbons (Fsp3) is 0.143. The molecule has 0 aliphatic carbocycles. The highest BCUT2D eigenvalue weighted by Crippen LogP contribution is 2.29. The zero-order valence-corrected chi connectivity index (χ0v) is 14.3. The zero-order valence-electron chi connectivity index (χ0n) is 11.1. The second-order valence-electron chi connectivity index (χ2n) is 4.25. The number of halogens is 2. The Balaban J connectivity index is 2.08. The van der Waals surface area contributed by atoms with Crippen LogP contribution in [0, 0.1) is 10.1 Å². The lowest BCUT2D eigenvalue weighted by atomic mass is 10.2. The lowest BCUT2D eigenvalue weighted by Crippen LogP contribution is -2.00. The molecular formula is C14H12Br2N2O3. The molecule has 5 nitrogen and oxygen atoms in total. The maximum absolute atomic E-state index is 10.7. The number of hydrogen-bond donors (Lipinski definition) is 1. The van der Waals surface area contributed by atoms with Gasteiger partial charge in [-0.2, -0.15) is 0 Å². The zero-order chi connectivity index (χ0) is 15.4. The van der Waals surface area contributed by atoms with Crippen LogP contribution in [0.4, 0.5) is 11.4 Å². The summed E-state index contributed by atoms with van der Waals surface area (Å²) < 4.78 is 6.51. The van der Waals surface area contributed by atoms with Crippen molar-refractivity contribution in [3.63, 3.8) is 0 Å². The van der Waals surface area contributed by atoms with E-state index in [1.807, 2.05) is 18.2 Å². The van der Waals surface area contributed by atoms with Gasteiger partial charge in [-0.25, -0.2) is 0 Å². The van der Waals surface area contributed by atoms with Gasteiger partial charge in [-0.05, 0) is 61.7 Å². The number of methoxy groups -OCH3 is 1. The van der Waals surface area contributed by atoms with E-state index in [0.29, 0.717) is 11.0 Å². The van der Waals surface area contributed by atoms with Gasteiger partial charge < -0.3 is 10.1 Å². The van der Waals surface area contributed by atoms with Crippen molar-refractivity contribution in [2.45, 2.75) is 6.54 Å². The van der Waals surface area contributed by atoms with E-state index < -0.39 is 4.92 Å². The minimum absolute atomic E-state index is 0.0488. The van der Waals surface area contributed by atoms with E-state index in [2.05, 4.69) is 37.2 Å². The Morgan fingerprint density at radius 3 is 2.52 bits per heavy atom. The second-order valence-corrected chi connectivity index (χ2v) is 5.95. The molecule has 0 unspecified atom stereocenters. The van der Waals surface area contributed by atoms with Gasteiger partial charge in [0.05, 0.1) is 21.0 Å². The summed E-state index contributed by atoms with van der Waals surface area (Å²) >= 11 is 6.63. The first-order valence-corrected chi connectivity index (χ1v) is 7.60. The van der Waals surface area contributed by atoms with Gasteiger partial charge in [0, 0.05) is 18.3 Å². The van der Waals surface area contributed by atoms with Crippen LogP contribution in [0.15, 0.2) is 45.3 Å². The van der Waals surface area contributed by atoms with E-state index in [4.69, 9.17) is 4.74 Å². The first-order valence-electron chi connectivity index (χ1n) is 6.01. The number of rotatable bonds is 5. The Labute approximate surface area is 138 Å². The monoisotopic (exact) mass is 414 g/mol. The number of nitrogens with zero attached hydrogens (tertiary/aromatic N) is 1. The maximum atomic E-state index is 10.7. The molecule has 110 valence electrons. The molecule has 21 heavy (non-hydrogen) atoms. The fourth-order valence-electron chi connectivity index (χ4n) is 1.79. The van der Waals surface area contributed by atoms with Crippen molar-refractivity contribution in [1.82, 2.24) is 0 Å². The summed E-state index contributed by atoms with van der Waals surface area (Å²) in [5.74, 6) is 0.775. The predicted molar refractivity (Wildman–Crippen MR) is 88.8 cm³/mol. The quantitative estimate of drug-likeness (QED) is 0.565. The Morgan fingerprint density at radius 1 is 1.19 bits per heavy atom. The van der Waals surface area contributed by atoms with Gasteiger partial charge in [0.2, 0.25) is 0 Å². The average molecular weight is 416 g/mol. The van der Waals surface area contributed by atoms with Gasteiger partial charge in [0.25, 0.3) is 5.69 Å². The third-order valence-corrected chi connectivity index (χ3v) is 4.11. The first kappa shape index (κ1) is 15.8. The van der Waals surface area contributed by atoms with E-state index in [-0.39, 0.29) is 5.69 Å². The normalized spacial score (nSPS) is 10.2. The predicted octanol–water partition coefficient (Wildman–Crippen LogP) is 4.74. The Morgan fingerprint density at radius 2 is 1.95 bits per heavy atom. The molecule has 0 saturated carbocycles.